The van der Waals surface area contributed by atoms with Gasteiger partial charge in [-0.3, -0.25) is 19.2 Å². The Hall–Kier alpha value is -4.51. The number of fused-ring (bicyclic) bond motifs is 2. The van der Waals surface area contributed by atoms with Gasteiger partial charge in [0.1, 0.15) is 55.0 Å². The van der Waals surface area contributed by atoms with E-state index in [0.29, 0.717) is 35.0 Å². The van der Waals surface area contributed by atoms with Crippen LogP contribution in [0.15, 0.2) is 48.5 Å². The number of nitrogens with zero attached hydrogens (tertiary/aromatic N) is 2. The van der Waals surface area contributed by atoms with E-state index in [1.165, 1.54) is 0 Å². The second-order valence-electron chi connectivity index (χ2n) is 18.8. The number of aryl methyl sites for hydroxylation is 1. The predicted octanol–water partition coefficient (Wildman–Crippen LogP) is 8.38. The van der Waals surface area contributed by atoms with Crippen LogP contribution in [-0.4, -0.2) is 104 Å². The van der Waals surface area contributed by atoms with Crippen molar-refractivity contribution < 1.29 is 48.0 Å². The molecule has 0 aliphatic carbocycles. The lowest BCUT2D eigenvalue weighted by Gasteiger charge is -2.42. The van der Waals surface area contributed by atoms with Crippen molar-refractivity contribution in [3.8, 4) is 28.4 Å². The SMILES string of the molecule is Cc1cc2c(c(C)c1-c1cccc(COc3ccc4c(c3)OC[C@H]4CC(=O)O)c1)C(=O)C(COC(=O)C(C)N([Si](C)C)C(C)(C)C)(COC(=O)C(C)N([Si](C)C)C(C)(C)C)O2. The van der Waals surface area contributed by atoms with Crippen LogP contribution in [0.3, 0.4) is 0 Å². The average molecular weight is 873 g/mol. The van der Waals surface area contributed by atoms with Crippen LogP contribution in [0.25, 0.3) is 11.1 Å². The normalized spacial score (nSPS) is 18.5. The van der Waals surface area contributed by atoms with E-state index >= 15 is 0 Å². The van der Waals surface area contributed by atoms with Gasteiger partial charge >= 0.3 is 17.9 Å². The third-order valence-corrected chi connectivity index (χ3v) is 15.4. The molecule has 1 N–H and O–H groups in total. The lowest BCUT2D eigenvalue weighted by Crippen LogP contribution is -2.58. The topological polar surface area (TPSA) is 141 Å². The third kappa shape index (κ3) is 10.4. The van der Waals surface area contributed by atoms with Crippen LogP contribution in [0.5, 0.6) is 17.2 Å². The first-order valence-corrected chi connectivity index (χ1v) is 25.9. The molecular formula is C47H64N2O10Si2. The molecule has 0 bridgehead atoms. The van der Waals surface area contributed by atoms with Gasteiger partial charge in [0, 0.05) is 28.6 Å². The zero-order valence-corrected chi connectivity index (χ0v) is 40.4. The molecule has 5 rings (SSSR count). The highest BCUT2D eigenvalue weighted by Crippen LogP contribution is 2.44. The zero-order chi connectivity index (χ0) is 45.4. The monoisotopic (exact) mass is 872 g/mol. The number of aliphatic carboxylic acids is 1. The first-order valence-electron chi connectivity index (χ1n) is 21.0. The molecular weight excluding hydrogens is 809 g/mol. The molecule has 3 aromatic carbocycles. The third-order valence-electron chi connectivity index (χ3n) is 11.4. The summed E-state index contributed by atoms with van der Waals surface area (Å²) in [6, 6.07) is 14.0. The summed E-state index contributed by atoms with van der Waals surface area (Å²) in [5.74, 6) is -0.881. The number of hydrogen-bond acceptors (Lipinski definition) is 11. The average Bonchev–Trinajstić information content (AvgIpc) is 3.66. The number of ketones is 1. The number of Topliss-reactive ketones (excluding diaryl/α,β-unsaturated/α-hetero) is 1. The summed E-state index contributed by atoms with van der Waals surface area (Å²) in [4.78, 5) is 53.8. The van der Waals surface area contributed by atoms with Crippen molar-refractivity contribution in [2.75, 3.05) is 19.8 Å². The summed E-state index contributed by atoms with van der Waals surface area (Å²) >= 11 is 0. The molecule has 61 heavy (non-hydrogen) atoms. The second kappa shape index (κ2) is 18.5. The molecule has 3 aromatic rings. The van der Waals surface area contributed by atoms with E-state index in [4.69, 9.17) is 23.7 Å². The maximum Gasteiger partial charge on any atom is 0.322 e. The lowest BCUT2D eigenvalue weighted by molar-refractivity contribution is -0.160. The molecule has 0 saturated carbocycles. The molecule has 2 heterocycles. The Morgan fingerprint density at radius 1 is 0.836 bits per heavy atom. The van der Waals surface area contributed by atoms with Crippen molar-refractivity contribution in [2.45, 2.75) is 143 Å². The number of carboxylic acids is 1. The number of ether oxygens (including phenoxy) is 5. The van der Waals surface area contributed by atoms with Crippen LogP contribution in [0.2, 0.25) is 26.2 Å². The minimum atomic E-state index is -1.80. The van der Waals surface area contributed by atoms with Gasteiger partial charge in [-0.15, -0.1) is 0 Å². The smallest absolute Gasteiger partial charge is 0.322 e. The summed E-state index contributed by atoms with van der Waals surface area (Å²) in [5.41, 5.74) is 2.98. The lowest BCUT2D eigenvalue weighted by atomic mass is 9.87. The van der Waals surface area contributed by atoms with Gasteiger partial charge in [0.25, 0.3) is 0 Å². The Kier molecular flexibility index (Phi) is 14.4. The first kappa shape index (κ1) is 47.5. The molecule has 12 nitrogen and oxygen atoms in total. The highest BCUT2D eigenvalue weighted by atomic mass is 28.3. The fourth-order valence-electron chi connectivity index (χ4n) is 9.29. The van der Waals surface area contributed by atoms with Gasteiger partial charge in [-0.05, 0) is 115 Å². The maximum atomic E-state index is 14.9. The van der Waals surface area contributed by atoms with Gasteiger partial charge < -0.3 is 37.9 Å². The predicted molar refractivity (Wildman–Crippen MR) is 239 cm³/mol. The van der Waals surface area contributed by atoms with Crippen molar-refractivity contribution in [1.29, 1.82) is 0 Å². The largest absolute Gasteiger partial charge is 0.492 e. The second-order valence-corrected chi connectivity index (χ2v) is 23.6. The van der Waals surface area contributed by atoms with Gasteiger partial charge in [0.05, 0.1) is 30.7 Å². The van der Waals surface area contributed by atoms with E-state index in [9.17, 15) is 24.3 Å². The molecule has 3 atom stereocenters. The van der Waals surface area contributed by atoms with E-state index in [2.05, 4.69) is 76.9 Å². The molecule has 330 valence electrons. The molecule has 2 radical (unpaired) electrons. The number of carboxylic acid groups (broad SMARTS) is 1. The van der Waals surface area contributed by atoms with Crippen LogP contribution >= 0.6 is 0 Å². The summed E-state index contributed by atoms with van der Waals surface area (Å²) < 4.78 is 34.8. The summed E-state index contributed by atoms with van der Waals surface area (Å²) in [6.45, 7) is 28.0. The van der Waals surface area contributed by atoms with Crippen molar-refractivity contribution in [2.24, 2.45) is 0 Å². The van der Waals surface area contributed by atoms with E-state index in [1.807, 2.05) is 70.2 Å². The van der Waals surface area contributed by atoms with Crippen molar-refractivity contribution in [3.63, 3.8) is 0 Å². The first-order chi connectivity index (χ1) is 28.4. The van der Waals surface area contributed by atoms with Gasteiger partial charge in [-0.1, -0.05) is 50.5 Å². The molecule has 0 fully saturated rings. The Balaban J connectivity index is 1.43. The van der Waals surface area contributed by atoms with E-state index < -0.39 is 72.5 Å². The molecule has 0 amide bonds. The summed E-state index contributed by atoms with van der Waals surface area (Å²) in [6.07, 6.45) is 0.00527. The maximum absolute atomic E-state index is 14.9. The fourth-order valence-corrected chi connectivity index (χ4v) is 13.7. The molecule has 14 heteroatoms. The zero-order valence-electron chi connectivity index (χ0n) is 38.4. The Morgan fingerprint density at radius 3 is 1.93 bits per heavy atom. The van der Waals surface area contributed by atoms with Crippen molar-refractivity contribution >= 4 is 41.6 Å². The Bertz CT molecular complexity index is 2090. The van der Waals surface area contributed by atoms with E-state index in [1.54, 1.807) is 6.07 Å². The van der Waals surface area contributed by atoms with Crippen LogP contribution < -0.4 is 14.2 Å². The van der Waals surface area contributed by atoms with E-state index in [0.717, 1.165) is 27.8 Å². The Labute approximate surface area is 365 Å². The van der Waals surface area contributed by atoms with Gasteiger partial charge in [0.15, 0.2) is 0 Å². The van der Waals surface area contributed by atoms with Crippen LogP contribution in [0.4, 0.5) is 0 Å². The molecule has 0 aromatic heterocycles. The van der Waals surface area contributed by atoms with Crippen LogP contribution in [-0.2, 0) is 30.5 Å². The number of benzene rings is 3. The molecule has 2 aliphatic rings. The van der Waals surface area contributed by atoms with Crippen LogP contribution in [0, 0.1) is 13.8 Å². The fraction of sp³-hybridized carbons (Fsp3) is 0.532. The highest BCUT2D eigenvalue weighted by Gasteiger charge is 2.53. The van der Waals surface area contributed by atoms with E-state index in [-0.39, 0.29) is 30.0 Å². The van der Waals surface area contributed by atoms with Crippen LogP contribution in [0.1, 0.15) is 100 Å². The quantitative estimate of drug-likeness (QED) is 0.109. The summed E-state index contributed by atoms with van der Waals surface area (Å²) in [7, 11) is -2.15. The molecule has 0 saturated heterocycles. The Morgan fingerprint density at radius 2 is 1.41 bits per heavy atom. The van der Waals surface area contributed by atoms with Gasteiger partial charge in [-0.25, -0.2) is 0 Å². The van der Waals surface area contributed by atoms with Gasteiger partial charge in [-0.2, -0.15) is 0 Å². The number of esters is 2. The standard InChI is InChI=1S/C47H64N2O10Si2/c1-28-20-38-41(29(2)40(28)33-17-15-16-32(21-33)24-55-35-18-19-36-34(22-39(50)51)25-56-37(36)23-35)42(52)47(59-38,26-57-43(53)30(3)48(60(11)12)45(5,6)7)27-58-44(54)31(4)49(61(13)14)46(8,9)10/h15-21,23,30-31,34H,22,24-27H2,1-14H3,(H,50,51)/t30?,31?,34-,47?/m1/s1. The molecule has 2 unspecified atom stereocenters. The van der Waals surface area contributed by atoms with Gasteiger partial charge in [0.2, 0.25) is 11.4 Å². The molecule has 0 spiro atoms. The number of carbonyl (C=O) groups excluding carboxylic acids is 3. The minimum absolute atomic E-state index is 0.00527. The highest BCUT2D eigenvalue weighted by molar-refractivity contribution is 6.53. The summed E-state index contributed by atoms with van der Waals surface area (Å²) in [5, 5.41) is 9.26. The van der Waals surface area contributed by atoms with Crippen molar-refractivity contribution in [1.82, 2.24) is 9.13 Å². The number of hydrogen-bond donors (Lipinski definition) is 1. The van der Waals surface area contributed by atoms with Crippen molar-refractivity contribution in [3.05, 3.63) is 76.3 Å². The molecule has 2 aliphatic heterocycles. The number of carbonyl (C=O) groups is 4. The number of rotatable bonds is 16. The minimum Gasteiger partial charge on any atom is -0.492 e.